The van der Waals surface area contributed by atoms with Crippen molar-refractivity contribution in [3.8, 4) is 5.75 Å². The minimum Gasteiger partial charge on any atom is -0.496 e. The molecule has 2 aromatic rings. The average Bonchev–Trinajstić information content (AvgIpc) is 2.90. The van der Waals surface area contributed by atoms with Gasteiger partial charge >= 0.3 is 0 Å². The Balaban J connectivity index is 1.76. The number of benzene rings is 1. The molecule has 3 rings (SSSR count). The van der Waals surface area contributed by atoms with Crippen molar-refractivity contribution in [2.75, 3.05) is 7.11 Å². The van der Waals surface area contributed by atoms with Crippen LogP contribution in [-0.4, -0.2) is 16.8 Å². The van der Waals surface area contributed by atoms with Gasteiger partial charge in [0.1, 0.15) is 5.75 Å². The summed E-state index contributed by atoms with van der Waals surface area (Å²) in [4.78, 5) is 0. The van der Waals surface area contributed by atoms with E-state index in [1.54, 1.807) is 7.11 Å². The van der Waals surface area contributed by atoms with Crippen molar-refractivity contribution in [1.82, 2.24) is 4.57 Å². The van der Waals surface area contributed by atoms with Crippen LogP contribution in [0.1, 0.15) is 35.8 Å². The first-order chi connectivity index (χ1) is 9.79. The Bertz CT molecular complexity index is 588. The van der Waals surface area contributed by atoms with Crippen LogP contribution in [0.2, 0.25) is 0 Å². The van der Waals surface area contributed by atoms with Crippen molar-refractivity contribution in [2.24, 2.45) is 0 Å². The summed E-state index contributed by atoms with van der Waals surface area (Å²) >= 11 is 0. The molecule has 0 fully saturated rings. The number of para-hydroxylation sites is 1. The van der Waals surface area contributed by atoms with E-state index >= 15 is 0 Å². The van der Waals surface area contributed by atoms with Crippen LogP contribution in [0.4, 0.5) is 0 Å². The first-order valence-corrected chi connectivity index (χ1v) is 7.27. The first kappa shape index (κ1) is 13.3. The van der Waals surface area contributed by atoms with Gasteiger partial charge in [0.25, 0.3) is 0 Å². The fourth-order valence-electron chi connectivity index (χ4n) is 3.09. The largest absolute Gasteiger partial charge is 0.496 e. The maximum absolute atomic E-state index is 10.0. The van der Waals surface area contributed by atoms with E-state index in [0.717, 1.165) is 43.5 Å². The van der Waals surface area contributed by atoms with E-state index in [-0.39, 0.29) is 6.10 Å². The van der Waals surface area contributed by atoms with Crippen molar-refractivity contribution in [2.45, 2.75) is 38.3 Å². The predicted molar refractivity (Wildman–Crippen MR) is 79.0 cm³/mol. The third-order valence-electron chi connectivity index (χ3n) is 4.18. The van der Waals surface area contributed by atoms with Gasteiger partial charge in [-0.2, -0.15) is 0 Å². The number of methoxy groups -OCH3 is 1. The first-order valence-electron chi connectivity index (χ1n) is 7.27. The van der Waals surface area contributed by atoms with E-state index in [9.17, 15) is 5.11 Å². The van der Waals surface area contributed by atoms with Gasteiger partial charge in [0.05, 0.1) is 13.2 Å². The molecule has 0 saturated carbocycles. The number of fused-ring (bicyclic) bond motifs is 1. The molecular formula is C17H21NO2. The van der Waals surface area contributed by atoms with Gasteiger partial charge in [0, 0.05) is 24.0 Å². The lowest BCUT2D eigenvalue weighted by Crippen LogP contribution is -2.12. The van der Waals surface area contributed by atoms with Crippen LogP contribution >= 0.6 is 0 Å². The molecule has 1 aromatic carbocycles. The molecule has 0 bridgehead atoms. The summed E-state index contributed by atoms with van der Waals surface area (Å²) in [5.41, 5.74) is 3.66. The molecule has 3 nitrogen and oxygen atoms in total. The molecule has 1 N–H and O–H groups in total. The summed E-state index contributed by atoms with van der Waals surface area (Å²) < 4.78 is 7.68. The second-order valence-corrected chi connectivity index (χ2v) is 5.38. The summed E-state index contributed by atoms with van der Waals surface area (Å²) in [5.74, 6) is 0.952. The van der Waals surface area contributed by atoms with E-state index in [1.807, 2.05) is 18.2 Å². The lowest BCUT2D eigenvalue weighted by atomic mass is 9.95. The van der Waals surface area contributed by atoms with Gasteiger partial charge in [-0.05, 0) is 43.4 Å². The maximum atomic E-state index is 10.0. The number of rotatable bonds is 4. The summed E-state index contributed by atoms with van der Waals surface area (Å²) in [6, 6.07) is 10.2. The number of hydrogen-bond acceptors (Lipinski definition) is 2. The molecule has 1 unspecified atom stereocenters. The Morgan fingerprint density at radius 2 is 2.15 bits per heavy atom. The van der Waals surface area contributed by atoms with Gasteiger partial charge in [0.15, 0.2) is 0 Å². The molecule has 1 heterocycles. The van der Waals surface area contributed by atoms with Crippen LogP contribution < -0.4 is 4.74 Å². The van der Waals surface area contributed by atoms with Crippen molar-refractivity contribution < 1.29 is 9.84 Å². The van der Waals surface area contributed by atoms with Crippen LogP contribution in [0.5, 0.6) is 5.75 Å². The molecule has 1 aliphatic carbocycles. The molecule has 0 saturated heterocycles. The lowest BCUT2D eigenvalue weighted by Gasteiger charge is -2.20. The Hall–Kier alpha value is -1.74. The molecule has 3 heteroatoms. The number of nitrogens with zero attached hydrogens (tertiary/aromatic N) is 1. The van der Waals surface area contributed by atoms with Gasteiger partial charge in [-0.25, -0.2) is 0 Å². The van der Waals surface area contributed by atoms with Crippen molar-refractivity contribution in [3.63, 3.8) is 0 Å². The number of aryl methyl sites for hydroxylation is 2. The van der Waals surface area contributed by atoms with E-state index < -0.39 is 0 Å². The molecule has 0 aliphatic heterocycles. The van der Waals surface area contributed by atoms with E-state index in [2.05, 4.69) is 22.9 Å². The van der Waals surface area contributed by atoms with Crippen LogP contribution in [-0.2, 0) is 19.4 Å². The lowest BCUT2D eigenvalue weighted by molar-refractivity contribution is 0.155. The summed E-state index contributed by atoms with van der Waals surface area (Å²) in [6.45, 7) is 0.933. The molecule has 0 radical (unpaired) electrons. The zero-order valence-electron chi connectivity index (χ0n) is 11.9. The Labute approximate surface area is 119 Å². The van der Waals surface area contributed by atoms with Gasteiger partial charge < -0.3 is 14.4 Å². The highest BCUT2D eigenvalue weighted by molar-refractivity contribution is 5.33. The highest BCUT2D eigenvalue weighted by atomic mass is 16.5. The van der Waals surface area contributed by atoms with Crippen molar-refractivity contribution in [1.29, 1.82) is 0 Å². The van der Waals surface area contributed by atoms with E-state index in [4.69, 9.17) is 4.74 Å². The van der Waals surface area contributed by atoms with Crippen LogP contribution in [0.25, 0.3) is 0 Å². The Morgan fingerprint density at radius 3 is 3.00 bits per heavy atom. The number of aliphatic hydroxyl groups excluding tert-OH is 1. The maximum Gasteiger partial charge on any atom is 0.122 e. The van der Waals surface area contributed by atoms with E-state index in [1.165, 1.54) is 11.3 Å². The molecular weight excluding hydrogens is 250 g/mol. The second kappa shape index (κ2) is 5.71. The molecule has 1 atom stereocenters. The van der Waals surface area contributed by atoms with Gasteiger partial charge in [-0.15, -0.1) is 0 Å². The topological polar surface area (TPSA) is 34.4 Å². The zero-order valence-corrected chi connectivity index (χ0v) is 11.9. The minimum absolute atomic E-state index is 0.272. The summed E-state index contributed by atoms with van der Waals surface area (Å²) in [6.07, 6.45) is 5.82. The highest BCUT2D eigenvalue weighted by Gasteiger charge is 2.20. The smallest absolute Gasteiger partial charge is 0.122 e. The second-order valence-electron chi connectivity index (χ2n) is 5.38. The molecule has 0 spiro atoms. The number of ether oxygens (including phenoxy) is 1. The summed E-state index contributed by atoms with van der Waals surface area (Å²) in [5, 5.41) is 10.0. The minimum atomic E-state index is -0.272. The fraction of sp³-hybridized carbons (Fsp3) is 0.412. The predicted octanol–water partition coefficient (Wildman–Crippen LogP) is 3.11. The number of hydrogen-bond donors (Lipinski definition) is 1. The number of aliphatic hydroxyl groups is 1. The third kappa shape index (κ3) is 2.46. The van der Waals surface area contributed by atoms with Crippen molar-refractivity contribution in [3.05, 3.63) is 53.3 Å². The Morgan fingerprint density at radius 1 is 1.30 bits per heavy atom. The fourth-order valence-corrected chi connectivity index (χ4v) is 3.09. The SMILES string of the molecule is COc1ccccc1CCn1ccc2c1CCCC2O. The molecule has 20 heavy (non-hydrogen) atoms. The van der Waals surface area contributed by atoms with E-state index in [0.29, 0.717) is 0 Å². The standard InChI is InChI=1S/C17H21NO2/c1-20-17-8-3-2-5-13(17)9-11-18-12-10-14-15(18)6-4-7-16(14)19/h2-3,5,8,10,12,16,19H,4,6-7,9,11H2,1H3. The third-order valence-corrected chi connectivity index (χ3v) is 4.18. The van der Waals surface area contributed by atoms with Crippen LogP contribution in [0, 0.1) is 0 Å². The van der Waals surface area contributed by atoms with Gasteiger partial charge in [-0.1, -0.05) is 18.2 Å². The number of aromatic nitrogens is 1. The zero-order chi connectivity index (χ0) is 13.9. The highest BCUT2D eigenvalue weighted by Crippen LogP contribution is 2.30. The average molecular weight is 271 g/mol. The molecule has 106 valence electrons. The normalized spacial score (nSPS) is 17.8. The monoisotopic (exact) mass is 271 g/mol. The summed E-state index contributed by atoms with van der Waals surface area (Å²) in [7, 11) is 1.71. The van der Waals surface area contributed by atoms with Gasteiger partial charge in [0.2, 0.25) is 0 Å². The van der Waals surface area contributed by atoms with Crippen LogP contribution in [0.3, 0.4) is 0 Å². The van der Waals surface area contributed by atoms with Crippen LogP contribution in [0.15, 0.2) is 36.5 Å². The Kier molecular flexibility index (Phi) is 3.79. The molecule has 0 amide bonds. The van der Waals surface area contributed by atoms with Gasteiger partial charge in [-0.3, -0.25) is 0 Å². The van der Waals surface area contributed by atoms with Crippen molar-refractivity contribution >= 4 is 0 Å². The molecule has 1 aromatic heterocycles. The molecule has 1 aliphatic rings. The quantitative estimate of drug-likeness (QED) is 0.927.